The lowest BCUT2D eigenvalue weighted by atomic mass is 10.1. The summed E-state index contributed by atoms with van der Waals surface area (Å²) in [6.45, 7) is 1.47. The third kappa shape index (κ3) is 4.86. The Balaban J connectivity index is 1.69. The SMILES string of the molecule is COc1ccc(Nc2cnc(C(=O)Nc3cccc(C(C)=O)c3)cn2)cc1OC. The second-order valence-corrected chi connectivity index (χ2v) is 6.07. The Labute approximate surface area is 167 Å². The molecule has 3 rings (SSSR count). The van der Waals surface area contributed by atoms with Crippen LogP contribution in [0.3, 0.4) is 0 Å². The number of benzene rings is 2. The zero-order valence-corrected chi connectivity index (χ0v) is 16.2. The van der Waals surface area contributed by atoms with Crippen LogP contribution in [-0.2, 0) is 0 Å². The highest BCUT2D eigenvalue weighted by atomic mass is 16.5. The molecule has 148 valence electrons. The van der Waals surface area contributed by atoms with Crippen molar-refractivity contribution in [1.29, 1.82) is 0 Å². The Bertz CT molecular complexity index is 1040. The molecular formula is C21H20N4O4. The number of nitrogens with zero attached hydrogens (tertiary/aromatic N) is 2. The van der Waals surface area contributed by atoms with Crippen LogP contribution in [0.5, 0.6) is 11.5 Å². The fourth-order valence-corrected chi connectivity index (χ4v) is 2.58. The molecule has 2 N–H and O–H groups in total. The molecule has 1 heterocycles. The number of nitrogens with one attached hydrogen (secondary N) is 2. The minimum atomic E-state index is -0.420. The third-order valence-corrected chi connectivity index (χ3v) is 4.07. The number of anilines is 3. The first-order chi connectivity index (χ1) is 14.0. The molecule has 3 aromatic rings. The van der Waals surface area contributed by atoms with Gasteiger partial charge in [0.15, 0.2) is 17.3 Å². The molecule has 0 saturated heterocycles. The first kappa shape index (κ1) is 19.8. The van der Waals surface area contributed by atoms with Gasteiger partial charge in [0.2, 0.25) is 0 Å². The molecule has 0 radical (unpaired) electrons. The highest BCUT2D eigenvalue weighted by Gasteiger charge is 2.10. The van der Waals surface area contributed by atoms with E-state index < -0.39 is 5.91 Å². The van der Waals surface area contributed by atoms with E-state index >= 15 is 0 Å². The number of ketones is 1. The normalized spacial score (nSPS) is 10.2. The van der Waals surface area contributed by atoms with Crippen molar-refractivity contribution in [3.8, 4) is 11.5 Å². The number of aromatic nitrogens is 2. The van der Waals surface area contributed by atoms with Gasteiger partial charge in [0.05, 0.1) is 26.6 Å². The Morgan fingerprint density at radius 3 is 2.34 bits per heavy atom. The van der Waals surface area contributed by atoms with Gasteiger partial charge in [0, 0.05) is 23.0 Å². The van der Waals surface area contributed by atoms with Crippen LogP contribution in [0.4, 0.5) is 17.2 Å². The molecule has 0 aliphatic carbocycles. The lowest BCUT2D eigenvalue weighted by Crippen LogP contribution is -2.14. The molecule has 8 nitrogen and oxygen atoms in total. The van der Waals surface area contributed by atoms with Gasteiger partial charge in [-0.2, -0.15) is 0 Å². The van der Waals surface area contributed by atoms with Gasteiger partial charge in [-0.1, -0.05) is 12.1 Å². The van der Waals surface area contributed by atoms with Crippen molar-refractivity contribution in [2.45, 2.75) is 6.92 Å². The van der Waals surface area contributed by atoms with Gasteiger partial charge in [0.25, 0.3) is 5.91 Å². The standard InChI is InChI=1S/C21H20N4O4/c1-13(26)14-5-4-6-15(9-14)25-21(27)17-11-23-20(12-22-17)24-16-7-8-18(28-2)19(10-16)29-3/h4-12H,1-3H3,(H,23,24)(H,25,27). The lowest BCUT2D eigenvalue weighted by Gasteiger charge is -2.11. The van der Waals surface area contributed by atoms with Gasteiger partial charge in [0.1, 0.15) is 11.5 Å². The van der Waals surface area contributed by atoms with Crippen LogP contribution < -0.4 is 20.1 Å². The van der Waals surface area contributed by atoms with E-state index in [9.17, 15) is 9.59 Å². The smallest absolute Gasteiger partial charge is 0.275 e. The zero-order valence-electron chi connectivity index (χ0n) is 16.2. The van der Waals surface area contributed by atoms with Crippen LogP contribution in [0.2, 0.25) is 0 Å². The van der Waals surface area contributed by atoms with E-state index in [1.54, 1.807) is 50.6 Å². The predicted molar refractivity (Wildman–Crippen MR) is 109 cm³/mol. The van der Waals surface area contributed by atoms with Gasteiger partial charge < -0.3 is 20.1 Å². The van der Waals surface area contributed by atoms with Gasteiger partial charge in [-0.25, -0.2) is 9.97 Å². The number of carbonyl (C=O) groups is 2. The Hall–Kier alpha value is -3.94. The molecule has 0 fully saturated rings. The minimum absolute atomic E-state index is 0.0773. The highest BCUT2D eigenvalue weighted by Crippen LogP contribution is 2.30. The van der Waals surface area contributed by atoms with Gasteiger partial charge >= 0.3 is 0 Å². The Morgan fingerprint density at radius 1 is 0.897 bits per heavy atom. The van der Waals surface area contributed by atoms with Crippen molar-refractivity contribution in [2.24, 2.45) is 0 Å². The van der Waals surface area contributed by atoms with Crippen molar-refractivity contribution in [2.75, 3.05) is 24.9 Å². The van der Waals surface area contributed by atoms with E-state index in [4.69, 9.17) is 9.47 Å². The number of rotatable bonds is 7. The second-order valence-electron chi connectivity index (χ2n) is 6.07. The molecular weight excluding hydrogens is 372 g/mol. The van der Waals surface area contributed by atoms with Gasteiger partial charge in [-0.15, -0.1) is 0 Å². The van der Waals surface area contributed by atoms with Crippen LogP contribution in [0, 0.1) is 0 Å². The van der Waals surface area contributed by atoms with Gasteiger partial charge in [-0.05, 0) is 31.2 Å². The number of hydrogen-bond acceptors (Lipinski definition) is 7. The van der Waals surface area contributed by atoms with Crippen molar-refractivity contribution >= 4 is 28.9 Å². The van der Waals surface area contributed by atoms with Crippen LogP contribution >= 0.6 is 0 Å². The molecule has 29 heavy (non-hydrogen) atoms. The van der Waals surface area contributed by atoms with E-state index in [1.165, 1.54) is 19.3 Å². The molecule has 0 aliphatic heterocycles. The van der Waals surface area contributed by atoms with Crippen LogP contribution in [0.1, 0.15) is 27.8 Å². The first-order valence-corrected chi connectivity index (χ1v) is 8.73. The quantitative estimate of drug-likeness (QED) is 0.591. The van der Waals surface area contributed by atoms with Crippen molar-refractivity contribution in [3.63, 3.8) is 0 Å². The number of methoxy groups -OCH3 is 2. The Morgan fingerprint density at radius 2 is 1.69 bits per heavy atom. The van der Waals surface area contributed by atoms with Crippen molar-refractivity contribution < 1.29 is 19.1 Å². The van der Waals surface area contributed by atoms with E-state index in [-0.39, 0.29) is 11.5 Å². The third-order valence-electron chi connectivity index (χ3n) is 4.07. The lowest BCUT2D eigenvalue weighted by molar-refractivity contribution is 0.100. The fraction of sp³-hybridized carbons (Fsp3) is 0.143. The summed E-state index contributed by atoms with van der Waals surface area (Å²) in [4.78, 5) is 32.2. The molecule has 0 spiro atoms. The topological polar surface area (TPSA) is 102 Å². The van der Waals surface area contributed by atoms with E-state index in [0.29, 0.717) is 28.6 Å². The number of carbonyl (C=O) groups excluding carboxylic acids is 2. The molecule has 8 heteroatoms. The maximum atomic E-state index is 12.4. The second kappa shape index (κ2) is 8.83. The maximum absolute atomic E-state index is 12.4. The fourth-order valence-electron chi connectivity index (χ4n) is 2.58. The average Bonchev–Trinajstić information content (AvgIpc) is 2.74. The average molecular weight is 392 g/mol. The summed E-state index contributed by atoms with van der Waals surface area (Å²) >= 11 is 0. The molecule has 0 unspecified atom stereocenters. The van der Waals surface area contributed by atoms with Crippen LogP contribution in [0.15, 0.2) is 54.9 Å². The largest absolute Gasteiger partial charge is 0.493 e. The van der Waals surface area contributed by atoms with E-state index in [0.717, 1.165) is 5.69 Å². The summed E-state index contributed by atoms with van der Waals surface area (Å²) in [6, 6.07) is 12.0. The van der Waals surface area contributed by atoms with Crippen molar-refractivity contribution in [3.05, 3.63) is 66.1 Å². The summed E-state index contributed by atoms with van der Waals surface area (Å²) in [5.41, 5.74) is 1.91. The monoisotopic (exact) mass is 392 g/mol. The number of hydrogen-bond donors (Lipinski definition) is 2. The van der Waals surface area contributed by atoms with E-state index in [1.807, 2.05) is 6.07 Å². The summed E-state index contributed by atoms with van der Waals surface area (Å²) < 4.78 is 10.5. The highest BCUT2D eigenvalue weighted by molar-refractivity contribution is 6.03. The first-order valence-electron chi connectivity index (χ1n) is 8.73. The van der Waals surface area contributed by atoms with Crippen molar-refractivity contribution in [1.82, 2.24) is 9.97 Å². The molecule has 0 atom stereocenters. The molecule has 0 aliphatic rings. The summed E-state index contributed by atoms with van der Waals surface area (Å²) in [7, 11) is 3.12. The Kier molecular flexibility index (Phi) is 6.03. The molecule has 1 amide bonds. The van der Waals surface area contributed by atoms with E-state index in [2.05, 4.69) is 20.6 Å². The number of ether oxygens (including phenoxy) is 2. The molecule has 0 saturated carbocycles. The zero-order chi connectivity index (χ0) is 20.8. The number of amides is 1. The van der Waals surface area contributed by atoms with Crippen LogP contribution in [0.25, 0.3) is 0 Å². The minimum Gasteiger partial charge on any atom is -0.493 e. The van der Waals surface area contributed by atoms with Gasteiger partial charge in [-0.3, -0.25) is 9.59 Å². The van der Waals surface area contributed by atoms with Crippen LogP contribution in [-0.4, -0.2) is 35.9 Å². The number of Topliss-reactive ketones (excluding diaryl/α,β-unsaturated/α-hetero) is 1. The molecule has 0 bridgehead atoms. The predicted octanol–water partition coefficient (Wildman–Crippen LogP) is 3.69. The maximum Gasteiger partial charge on any atom is 0.275 e. The summed E-state index contributed by atoms with van der Waals surface area (Å²) in [5, 5.41) is 5.79. The summed E-state index contributed by atoms with van der Waals surface area (Å²) in [5.74, 6) is 1.16. The molecule has 1 aromatic heterocycles. The summed E-state index contributed by atoms with van der Waals surface area (Å²) in [6.07, 6.45) is 2.82. The molecule has 2 aromatic carbocycles.